The van der Waals surface area contributed by atoms with Gasteiger partial charge in [-0.15, -0.1) is 5.10 Å². The maximum atomic E-state index is 11.5. The average Bonchev–Trinajstić information content (AvgIpc) is 2.84. The number of Topliss-reactive ketones (excluding diaryl/α,β-unsaturated/α-hetero) is 1. The van der Waals surface area contributed by atoms with Gasteiger partial charge in [-0.25, -0.2) is 0 Å². The fourth-order valence-electron chi connectivity index (χ4n) is 2.72. The van der Waals surface area contributed by atoms with Crippen molar-refractivity contribution in [1.82, 2.24) is 15.0 Å². The van der Waals surface area contributed by atoms with Crippen molar-refractivity contribution in [3.05, 3.63) is 41.2 Å². The van der Waals surface area contributed by atoms with Gasteiger partial charge in [-0.3, -0.25) is 9.48 Å². The normalized spacial score (nSPS) is 14.2. The number of hydrogen-bond donors (Lipinski definition) is 0. The second-order valence-electron chi connectivity index (χ2n) is 5.31. The lowest BCUT2D eigenvalue weighted by Crippen LogP contribution is -2.29. The summed E-state index contributed by atoms with van der Waals surface area (Å²) in [6.45, 7) is 3.39. The van der Waals surface area contributed by atoms with E-state index in [-0.39, 0.29) is 5.78 Å². The summed E-state index contributed by atoms with van der Waals surface area (Å²) in [5.74, 6) is 0.124. The first-order valence-corrected chi connectivity index (χ1v) is 6.87. The zero-order chi connectivity index (χ0) is 14.1. The summed E-state index contributed by atoms with van der Waals surface area (Å²) >= 11 is 0. The van der Waals surface area contributed by atoms with Crippen LogP contribution < -0.4 is 4.90 Å². The predicted octanol–water partition coefficient (Wildman–Crippen LogP) is 1.97. The van der Waals surface area contributed by atoms with Crippen molar-refractivity contribution in [2.45, 2.75) is 26.3 Å². The van der Waals surface area contributed by atoms with Crippen molar-refractivity contribution in [1.29, 1.82) is 0 Å². The molecule has 1 aromatic heterocycles. The molecule has 2 heterocycles. The number of nitrogens with zero attached hydrogens (tertiary/aromatic N) is 4. The molecule has 0 saturated heterocycles. The lowest BCUT2D eigenvalue weighted by atomic mass is 9.98. The molecule has 3 rings (SSSR count). The molecule has 0 bridgehead atoms. The molecular formula is C15H18N4O. The van der Waals surface area contributed by atoms with Crippen LogP contribution in [0.4, 0.5) is 5.69 Å². The van der Waals surface area contributed by atoms with Crippen molar-refractivity contribution in [3.8, 4) is 0 Å². The molecule has 0 spiro atoms. The van der Waals surface area contributed by atoms with Gasteiger partial charge < -0.3 is 4.90 Å². The predicted molar refractivity (Wildman–Crippen MR) is 76.8 cm³/mol. The number of aromatic nitrogens is 3. The van der Waals surface area contributed by atoms with Crippen molar-refractivity contribution >= 4 is 11.5 Å². The van der Waals surface area contributed by atoms with E-state index in [1.54, 1.807) is 11.6 Å². The third-order valence-electron chi connectivity index (χ3n) is 3.70. The Morgan fingerprint density at radius 2 is 2.25 bits per heavy atom. The van der Waals surface area contributed by atoms with Crippen molar-refractivity contribution in [2.75, 3.05) is 11.4 Å². The van der Waals surface area contributed by atoms with E-state index >= 15 is 0 Å². The lowest BCUT2D eigenvalue weighted by molar-refractivity contribution is 0.101. The van der Waals surface area contributed by atoms with Crippen molar-refractivity contribution in [2.24, 2.45) is 7.05 Å². The maximum Gasteiger partial charge on any atom is 0.159 e. The smallest absolute Gasteiger partial charge is 0.159 e. The van der Waals surface area contributed by atoms with Gasteiger partial charge in [-0.1, -0.05) is 5.21 Å². The first-order valence-electron chi connectivity index (χ1n) is 6.87. The van der Waals surface area contributed by atoms with Gasteiger partial charge in [0.15, 0.2) is 5.78 Å². The van der Waals surface area contributed by atoms with E-state index < -0.39 is 0 Å². The van der Waals surface area contributed by atoms with Gasteiger partial charge in [0.05, 0.1) is 6.54 Å². The Morgan fingerprint density at radius 1 is 1.40 bits per heavy atom. The third-order valence-corrected chi connectivity index (χ3v) is 3.70. The van der Waals surface area contributed by atoms with E-state index in [2.05, 4.69) is 21.3 Å². The van der Waals surface area contributed by atoms with Gasteiger partial charge in [0.1, 0.15) is 5.69 Å². The van der Waals surface area contributed by atoms with E-state index in [4.69, 9.17) is 0 Å². The molecule has 1 aromatic carbocycles. The Balaban J connectivity index is 1.88. The Bertz CT molecular complexity index is 647. The molecule has 0 atom stereocenters. The van der Waals surface area contributed by atoms with E-state index in [9.17, 15) is 4.79 Å². The summed E-state index contributed by atoms with van der Waals surface area (Å²) in [7, 11) is 1.87. The lowest BCUT2D eigenvalue weighted by Gasteiger charge is -2.30. The Morgan fingerprint density at radius 3 is 2.95 bits per heavy atom. The molecule has 1 aliphatic heterocycles. The number of ketones is 1. The number of carbonyl (C=O) groups excluding carboxylic acids is 1. The molecule has 0 saturated carbocycles. The zero-order valence-corrected chi connectivity index (χ0v) is 11.8. The summed E-state index contributed by atoms with van der Waals surface area (Å²) in [5.41, 5.74) is 4.24. The van der Waals surface area contributed by atoms with Crippen LogP contribution in [0.1, 0.15) is 35.0 Å². The van der Waals surface area contributed by atoms with Crippen LogP contribution in [0.2, 0.25) is 0 Å². The molecular weight excluding hydrogens is 252 g/mol. The van der Waals surface area contributed by atoms with Gasteiger partial charge in [0.25, 0.3) is 0 Å². The highest BCUT2D eigenvalue weighted by Gasteiger charge is 2.18. The fraction of sp³-hybridized carbons (Fsp3) is 0.400. The standard InChI is InChI=1S/C15H18N4O/c1-11(20)12-5-6-15-13(8-12)4-3-7-19(15)10-14-9-18(2)17-16-14/h5-6,8-9H,3-4,7,10H2,1-2H3. The van der Waals surface area contributed by atoms with Gasteiger partial charge in [-0.05, 0) is 43.5 Å². The van der Waals surface area contributed by atoms with Crippen LogP contribution in [0.15, 0.2) is 24.4 Å². The number of aryl methyl sites for hydroxylation is 2. The van der Waals surface area contributed by atoms with Crippen LogP contribution in [0.5, 0.6) is 0 Å². The molecule has 2 aromatic rings. The largest absolute Gasteiger partial charge is 0.365 e. The molecule has 0 unspecified atom stereocenters. The highest BCUT2D eigenvalue weighted by atomic mass is 16.1. The van der Waals surface area contributed by atoms with Crippen molar-refractivity contribution < 1.29 is 4.79 Å². The Kier molecular flexibility index (Phi) is 3.26. The number of benzene rings is 1. The van der Waals surface area contributed by atoms with Gasteiger partial charge in [-0.2, -0.15) is 0 Å². The number of rotatable bonds is 3. The molecule has 0 aliphatic carbocycles. The maximum absolute atomic E-state index is 11.5. The van der Waals surface area contributed by atoms with Crippen LogP contribution in [0.3, 0.4) is 0 Å². The molecule has 5 heteroatoms. The first-order chi connectivity index (χ1) is 9.63. The van der Waals surface area contributed by atoms with E-state index in [1.807, 2.05) is 25.4 Å². The van der Waals surface area contributed by atoms with Crippen LogP contribution in [-0.2, 0) is 20.0 Å². The second-order valence-corrected chi connectivity index (χ2v) is 5.31. The number of carbonyl (C=O) groups is 1. The van der Waals surface area contributed by atoms with Gasteiger partial charge in [0.2, 0.25) is 0 Å². The molecule has 0 radical (unpaired) electrons. The molecule has 20 heavy (non-hydrogen) atoms. The molecule has 1 aliphatic rings. The van der Waals surface area contributed by atoms with Gasteiger partial charge >= 0.3 is 0 Å². The highest BCUT2D eigenvalue weighted by Crippen LogP contribution is 2.29. The van der Waals surface area contributed by atoms with Crippen LogP contribution in [0.25, 0.3) is 0 Å². The monoisotopic (exact) mass is 270 g/mol. The third kappa shape index (κ3) is 2.43. The topological polar surface area (TPSA) is 51.0 Å². The second kappa shape index (κ2) is 5.07. The van der Waals surface area contributed by atoms with Crippen LogP contribution >= 0.6 is 0 Å². The summed E-state index contributed by atoms with van der Waals surface area (Å²) in [6, 6.07) is 6.00. The molecule has 5 nitrogen and oxygen atoms in total. The quantitative estimate of drug-likeness (QED) is 0.800. The van der Waals surface area contributed by atoms with Crippen molar-refractivity contribution in [3.63, 3.8) is 0 Å². The SMILES string of the molecule is CC(=O)c1ccc2c(c1)CCCN2Cc1cn(C)nn1. The van der Waals surface area contributed by atoms with Gasteiger partial charge in [0, 0.05) is 31.0 Å². The first kappa shape index (κ1) is 12.8. The zero-order valence-electron chi connectivity index (χ0n) is 11.8. The molecule has 0 N–H and O–H groups in total. The summed E-state index contributed by atoms with van der Waals surface area (Å²) in [5, 5.41) is 8.12. The minimum Gasteiger partial charge on any atom is -0.365 e. The minimum atomic E-state index is 0.124. The average molecular weight is 270 g/mol. The molecule has 0 fully saturated rings. The summed E-state index contributed by atoms with van der Waals surface area (Å²) < 4.78 is 1.72. The number of hydrogen-bond acceptors (Lipinski definition) is 4. The Labute approximate surface area is 118 Å². The molecule has 0 amide bonds. The molecule has 104 valence electrons. The summed E-state index contributed by atoms with van der Waals surface area (Å²) in [4.78, 5) is 13.8. The van der Waals surface area contributed by atoms with Crippen LogP contribution in [-0.4, -0.2) is 27.3 Å². The van der Waals surface area contributed by atoms with E-state index in [0.717, 1.165) is 37.2 Å². The van der Waals surface area contributed by atoms with E-state index in [1.165, 1.54) is 11.3 Å². The fourth-order valence-corrected chi connectivity index (χ4v) is 2.72. The van der Waals surface area contributed by atoms with E-state index in [0.29, 0.717) is 0 Å². The Hall–Kier alpha value is -2.17. The van der Waals surface area contributed by atoms with Crippen LogP contribution in [0, 0.1) is 0 Å². The minimum absolute atomic E-state index is 0.124. The number of anilines is 1. The number of fused-ring (bicyclic) bond motifs is 1. The summed E-state index contributed by atoms with van der Waals surface area (Å²) in [6.07, 6.45) is 4.08. The highest BCUT2D eigenvalue weighted by molar-refractivity contribution is 5.94.